The number of nitrogens with zero attached hydrogens (tertiary/aromatic N) is 1. The molecule has 1 amide bonds. The number of alkyl halides is 3. The Morgan fingerprint density at radius 2 is 2.07 bits per heavy atom. The number of primary amides is 1. The Balaban J connectivity index is 2.01. The fraction of sp³-hybridized carbons (Fsp3) is 0.400. The van der Waals surface area contributed by atoms with Crippen LogP contribution < -0.4 is 16.0 Å². The minimum absolute atomic E-state index is 0.0303. The summed E-state index contributed by atoms with van der Waals surface area (Å²) in [5, 5.41) is 0. The smallest absolute Gasteiger partial charge is 0.431 e. The van der Waals surface area contributed by atoms with E-state index in [9.17, 15) is 22.8 Å². The van der Waals surface area contributed by atoms with Crippen LogP contribution in [-0.2, 0) is 10.9 Å². The fourth-order valence-corrected chi connectivity index (χ4v) is 3.43. The van der Waals surface area contributed by atoms with Gasteiger partial charge in [-0.2, -0.15) is 13.2 Å². The van der Waals surface area contributed by atoms with Crippen LogP contribution in [0.1, 0.15) is 23.0 Å². The van der Waals surface area contributed by atoms with E-state index in [1.54, 1.807) is 23.2 Å². The van der Waals surface area contributed by atoms with Crippen molar-refractivity contribution in [3.05, 3.63) is 51.9 Å². The molecule has 0 bridgehead atoms. The number of carbonyl (C=O) groups is 1. The minimum Gasteiger partial charge on any atom is -0.491 e. The van der Waals surface area contributed by atoms with Gasteiger partial charge >= 0.3 is 6.18 Å². The Hall–Kier alpha value is -2.85. The molecule has 1 aliphatic heterocycles. The summed E-state index contributed by atoms with van der Waals surface area (Å²) in [5.41, 5.74) is 2.17. The Labute approximate surface area is 170 Å². The summed E-state index contributed by atoms with van der Waals surface area (Å²) in [6.45, 7) is 4.88. The lowest BCUT2D eigenvalue weighted by Gasteiger charge is -2.34. The lowest BCUT2D eigenvalue weighted by Crippen LogP contribution is -2.48. The van der Waals surface area contributed by atoms with Gasteiger partial charge in [0.15, 0.2) is 0 Å². The quantitative estimate of drug-likeness (QED) is 0.740. The fourth-order valence-electron chi connectivity index (χ4n) is 3.43. The van der Waals surface area contributed by atoms with Gasteiger partial charge in [-0.05, 0) is 18.7 Å². The third-order valence-corrected chi connectivity index (χ3v) is 4.95. The van der Waals surface area contributed by atoms with Crippen LogP contribution >= 0.6 is 0 Å². The highest BCUT2D eigenvalue weighted by molar-refractivity contribution is 6.00. The van der Waals surface area contributed by atoms with Gasteiger partial charge in [0.1, 0.15) is 23.6 Å². The molecule has 30 heavy (non-hydrogen) atoms. The van der Waals surface area contributed by atoms with Crippen LogP contribution in [0, 0.1) is 0 Å². The lowest BCUT2D eigenvalue weighted by atomic mass is 9.98. The first-order valence-corrected chi connectivity index (χ1v) is 9.40. The van der Waals surface area contributed by atoms with E-state index in [2.05, 4.69) is 4.90 Å². The molecule has 0 radical (unpaired) electrons. The van der Waals surface area contributed by atoms with Crippen molar-refractivity contribution in [1.82, 2.24) is 9.88 Å². The summed E-state index contributed by atoms with van der Waals surface area (Å²) in [5.74, 6) is -0.895. The van der Waals surface area contributed by atoms with E-state index in [1.807, 2.05) is 6.92 Å². The number of carbonyl (C=O) groups excluding carboxylic acids is 1. The number of benzene rings is 1. The Morgan fingerprint density at radius 3 is 2.73 bits per heavy atom. The van der Waals surface area contributed by atoms with Crippen molar-refractivity contribution < 1.29 is 27.4 Å². The predicted molar refractivity (Wildman–Crippen MR) is 103 cm³/mol. The van der Waals surface area contributed by atoms with Gasteiger partial charge in [0.2, 0.25) is 0 Å². The van der Waals surface area contributed by atoms with E-state index < -0.39 is 28.9 Å². The third kappa shape index (κ3) is 4.65. The second-order valence-electron chi connectivity index (χ2n) is 6.83. The molecule has 0 spiro atoms. The maximum absolute atomic E-state index is 13.2. The molecule has 1 saturated heterocycles. The van der Waals surface area contributed by atoms with Gasteiger partial charge in [0.25, 0.3) is 11.5 Å². The van der Waals surface area contributed by atoms with Crippen molar-refractivity contribution in [2.45, 2.75) is 19.1 Å². The van der Waals surface area contributed by atoms with Gasteiger partial charge in [-0.3, -0.25) is 14.5 Å². The van der Waals surface area contributed by atoms with Crippen LogP contribution in [-0.4, -0.2) is 54.7 Å². The van der Waals surface area contributed by atoms with Crippen LogP contribution in [0.15, 0.2) is 35.1 Å². The Kier molecular flexibility index (Phi) is 6.47. The number of morpholine rings is 1. The summed E-state index contributed by atoms with van der Waals surface area (Å²) in [4.78, 5) is 27.9. The SMILES string of the molecule is CCN1CCOCC1COc1ccccc1-c1cc(C(F)(F)F)[nH]c(=O)c1C(N)=O. The Morgan fingerprint density at radius 1 is 1.33 bits per heavy atom. The average molecular weight is 425 g/mol. The summed E-state index contributed by atoms with van der Waals surface area (Å²) < 4.78 is 51.1. The molecule has 1 atom stereocenters. The normalized spacial score (nSPS) is 17.7. The standard InChI is InChI=1S/C20H22F3N3O4/c1-2-26-7-8-29-10-12(26)11-30-15-6-4-3-5-13(15)14-9-16(20(21,22)23)25-19(28)17(14)18(24)27/h3-6,9,12H,2,7-8,10-11H2,1H3,(H2,24,27)(H,25,28). The third-order valence-electron chi connectivity index (χ3n) is 4.95. The monoisotopic (exact) mass is 425 g/mol. The van der Waals surface area contributed by atoms with E-state index in [4.69, 9.17) is 15.2 Å². The second kappa shape index (κ2) is 8.88. The highest BCUT2D eigenvalue weighted by Gasteiger charge is 2.34. The average Bonchev–Trinajstić information content (AvgIpc) is 2.71. The first-order chi connectivity index (χ1) is 14.2. The number of amides is 1. The number of hydrogen-bond donors (Lipinski definition) is 2. The van der Waals surface area contributed by atoms with Crippen molar-refractivity contribution in [3.8, 4) is 16.9 Å². The number of halogens is 3. The number of H-pyrrole nitrogens is 1. The second-order valence-corrected chi connectivity index (χ2v) is 6.83. The summed E-state index contributed by atoms with van der Waals surface area (Å²) in [7, 11) is 0. The molecule has 1 aromatic heterocycles. The molecule has 1 fully saturated rings. The maximum Gasteiger partial charge on any atom is 0.431 e. The zero-order valence-electron chi connectivity index (χ0n) is 16.3. The van der Waals surface area contributed by atoms with Crippen molar-refractivity contribution in [2.75, 3.05) is 32.9 Å². The molecule has 162 valence electrons. The van der Waals surface area contributed by atoms with Gasteiger partial charge in [-0.25, -0.2) is 0 Å². The molecule has 10 heteroatoms. The van der Waals surface area contributed by atoms with Crippen LogP contribution in [0.5, 0.6) is 5.75 Å². The highest BCUT2D eigenvalue weighted by atomic mass is 19.4. The van der Waals surface area contributed by atoms with Gasteiger partial charge in [0, 0.05) is 17.7 Å². The topological polar surface area (TPSA) is 97.7 Å². The van der Waals surface area contributed by atoms with Gasteiger partial charge < -0.3 is 20.2 Å². The van der Waals surface area contributed by atoms with Gasteiger partial charge in [-0.1, -0.05) is 25.1 Å². The predicted octanol–water partition coefficient (Wildman–Crippen LogP) is 2.26. The molecule has 2 heterocycles. The van der Waals surface area contributed by atoms with E-state index in [0.29, 0.717) is 19.3 Å². The zero-order chi connectivity index (χ0) is 21.9. The van der Waals surface area contributed by atoms with Gasteiger partial charge in [-0.15, -0.1) is 0 Å². The number of likely N-dealkylation sites (N-methyl/N-ethyl adjacent to an activating group) is 1. The van der Waals surface area contributed by atoms with Crippen molar-refractivity contribution >= 4 is 5.91 Å². The number of para-hydroxylation sites is 1. The van der Waals surface area contributed by atoms with E-state index in [1.165, 1.54) is 6.07 Å². The first-order valence-electron chi connectivity index (χ1n) is 9.40. The molecule has 2 aromatic rings. The number of ether oxygens (including phenoxy) is 2. The number of nitrogens with one attached hydrogen (secondary N) is 1. The number of pyridine rings is 1. The van der Waals surface area contributed by atoms with Crippen LogP contribution in [0.3, 0.4) is 0 Å². The maximum atomic E-state index is 13.2. The van der Waals surface area contributed by atoms with Crippen molar-refractivity contribution in [1.29, 1.82) is 0 Å². The van der Waals surface area contributed by atoms with Crippen LogP contribution in [0.25, 0.3) is 11.1 Å². The van der Waals surface area contributed by atoms with E-state index in [0.717, 1.165) is 13.1 Å². The van der Waals surface area contributed by atoms with Gasteiger partial charge in [0.05, 0.1) is 19.3 Å². The minimum atomic E-state index is -4.80. The van der Waals surface area contributed by atoms with Crippen molar-refractivity contribution in [2.24, 2.45) is 5.73 Å². The molecular formula is C20H22F3N3O4. The van der Waals surface area contributed by atoms with Crippen LogP contribution in [0.4, 0.5) is 13.2 Å². The number of aromatic amines is 1. The molecule has 1 unspecified atom stereocenters. The summed E-state index contributed by atoms with van der Waals surface area (Å²) >= 11 is 0. The molecule has 0 saturated carbocycles. The largest absolute Gasteiger partial charge is 0.491 e. The Bertz CT molecular complexity index is 974. The van der Waals surface area contributed by atoms with Crippen LogP contribution in [0.2, 0.25) is 0 Å². The molecule has 3 N–H and O–H groups in total. The number of rotatable bonds is 6. The number of nitrogens with two attached hydrogens (primary N) is 1. The molecular weight excluding hydrogens is 403 g/mol. The molecule has 0 aliphatic carbocycles. The first kappa shape index (κ1) is 21.8. The zero-order valence-corrected chi connectivity index (χ0v) is 16.3. The highest BCUT2D eigenvalue weighted by Crippen LogP contribution is 2.35. The summed E-state index contributed by atoms with van der Waals surface area (Å²) in [6, 6.07) is 6.93. The summed E-state index contributed by atoms with van der Waals surface area (Å²) in [6.07, 6.45) is -4.80. The molecule has 1 aromatic carbocycles. The van der Waals surface area contributed by atoms with E-state index in [-0.39, 0.29) is 29.5 Å². The molecule has 7 nitrogen and oxygen atoms in total. The molecule has 3 rings (SSSR count). The van der Waals surface area contributed by atoms with Crippen molar-refractivity contribution in [3.63, 3.8) is 0 Å². The van der Waals surface area contributed by atoms with E-state index >= 15 is 0 Å². The number of aromatic nitrogens is 1. The lowest BCUT2D eigenvalue weighted by molar-refractivity contribution is -0.141. The molecule has 1 aliphatic rings. The number of hydrogen-bond acceptors (Lipinski definition) is 5.